The zero-order chi connectivity index (χ0) is 23.4. The van der Waals surface area contributed by atoms with E-state index < -0.39 is 17.8 Å². The average Bonchev–Trinajstić information content (AvgIpc) is 2.71. The van der Waals surface area contributed by atoms with E-state index in [4.69, 9.17) is 11.6 Å². The number of aryl methyl sites for hydroxylation is 1. The summed E-state index contributed by atoms with van der Waals surface area (Å²) in [7, 11) is 2.05. The van der Waals surface area contributed by atoms with Gasteiger partial charge in [-0.3, -0.25) is 14.9 Å². The van der Waals surface area contributed by atoms with Gasteiger partial charge in [0.1, 0.15) is 5.57 Å². The van der Waals surface area contributed by atoms with Crippen LogP contribution in [0.5, 0.6) is 0 Å². The molecular weight excluding hydrogens is 426 g/mol. The Morgan fingerprint density at radius 1 is 1.03 bits per heavy atom. The number of nitrogens with zero attached hydrogens (tertiary/aromatic N) is 2. The van der Waals surface area contributed by atoms with E-state index in [9.17, 15) is 14.4 Å². The molecule has 0 bridgehead atoms. The summed E-state index contributed by atoms with van der Waals surface area (Å²) in [6, 6.07) is 9.54. The number of carbonyl (C=O) groups is 3. The number of amides is 4. The molecule has 0 unspecified atom stereocenters. The zero-order valence-corrected chi connectivity index (χ0v) is 19.4. The van der Waals surface area contributed by atoms with Gasteiger partial charge < -0.3 is 4.90 Å². The molecule has 4 rings (SSSR count). The lowest BCUT2D eigenvalue weighted by atomic mass is 9.87. The first kappa shape index (κ1) is 21.8. The first-order chi connectivity index (χ1) is 15.0. The number of imide groups is 2. The van der Waals surface area contributed by atoms with Crippen LogP contribution in [0, 0.1) is 6.92 Å². The maximum absolute atomic E-state index is 13.2. The highest BCUT2D eigenvalue weighted by atomic mass is 35.5. The second kappa shape index (κ2) is 7.64. The molecule has 2 aromatic rings. The number of halogens is 1. The number of rotatable bonds is 2. The molecule has 0 saturated carbocycles. The highest BCUT2D eigenvalue weighted by Crippen LogP contribution is 2.39. The Hall–Kier alpha value is -3.38. The second-order valence-corrected chi connectivity index (χ2v) is 9.14. The molecule has 1 saturated heterocycles. The third kappa shape index (κ3) is 3.60. The summed E-state index contributed by atoms with van der Waals surface area (Å²) in [5.74, 6) is -1.39. The van der Waals surface area contributed by atoms with Crippen LogP contribution in [0.3, 0.4) is 0 Å². The lowest BCUT2D eigenvalue weighted by Gasteiger charge is -2.41. The number of anilines is 2. The molecule has 0 spiro atoms. The lowest BCUT2D eigenvalue weighted by molar-refractivity contribution is -0.122. The van der Waals surface area contributed by atoms with Gasteiger partial charge in [0, 0.05) is 23.3 Å². The van der Waals surface area contributed by atoms with Gasteiger partial charge in [-0.05, 0) is 86.9 Å². The van der Waals surface area contributed by atoms with E-state index in [1.165, 1.54) is 0 Å². The minimum atomic E-state index is -0.788. The Kier molecular flexibility index (Phi) is 5.21. The van der Waals surface area contributed by atoms with Crippen molar-refractivity contribution in [1.82, 2.24) is 5.32 Å². The van der Waals surface area contributed by atoms with Gasteiger partial charge in [0.25, 0.3) is 11.8 Å². The normalized spacial score (nSPS) is 19.1. The van der Waals surface area contributed by atoms with Crippen LogP contribution in [0.15, 0.2) is 48.0 Å². The Balaban J connectivity index is 1.78. The number of nitrogens with one attached hydrogen (secondary N) is 1. The molecule has 2 aliphatic rings. The second-order valence-electron chi connectivity index (χ2n) is 8.70. The number of allylic oxidation sites excluding steroid dienone is 1. The number of carbonyl (C=O) groups excluding carboxylic acids is 3. The van der Waals surface area contributed by atoms with Crippen molar-refractivity contribution in [3.63, 3.8) is 0 Å². The van der Waals surface area contributed by atoms with Crippen LogP contribution in [0.1, 0.15) is 37.5 Å². The molecule has 32 heavy (non-hydrogen) atoms. The topological polar surface area (TPSA) is 69.7 Å². The van der Waals surface area contributed by atoms with E-state index in [2.05, 4.69) is 43.1 Å². The molecule has 1 fully saturated rings. The largest absolute Gasteiger partial charge is 0.365 e. The zero-order valence-electron chi connectivity index (χ0n) is 18.6. The first-order valence-corrected chi connectivity index (χ1v) is 10.6. The molecule has 1 N–H and O–H groups in total. The van der Waals surface area contributed by atoms with Crippen molar-refractivity contribution in [3.8, 4) is 0 Å². The van der Waals surface area contributed by atoms with Crippen LogP contribution < -0.4 is 15.1 Å². The summed E-state index contributed by atoms with van der Waals surface area (Å²) in [5.41, 5.74) is 5.03. The molecule has 0 aliphatic carbocycles. The van der Waals surface area contributed by atoms with E-state index in [1.54, 1.807) is 30.3 Å². The smallest absolute Gasteiger partial charge is 0.335 e. The highest BCUT2D eigenvalue weighted by molar-refractivity contribution is 6.39. The fourth-order valence-electron chi connectivity index (χ4n) is 4.11. The van der Waals surface area contributed by atoms with Crippen LogP contribution >= 0.6 is 11.6 Å². The van der Waals surface area contributed by atoms with Gasteiger partial charge in [0.2, 0.25) is 0 Å². The SMILES string of the molecule is CC1=CC(C)(C)N(C)c2cc(C)c(/C=C3\C(=O)NC(=O)N(c4ccc(Cl)cc4)C3=O)cc21. The van der Waals surface area contributed by atoms with Crippen molar-refractivity contribution in [2.75, 3.05) is 16.8 Å². The monoisotopic (exact) mass is 449 g/mol. The van der Waals surface area contributed by atoms with Gasteiger partial charge in [-0.25, -0.2) is 9.69 Å². The summed E-state index contributed by atoms with van der Waals surface area (Å²) in [6.07, 6.45) is 3.75. The summed E-state index contributed by atoms with van der Waals surface area (Å²) in [6.45, 7) is 8.30. The maximum Gasteiger partial charge on any atom is 0.335 e. The fraction of sp³-hybridized carbons (Fsp3) is 0.240. The number of barbiturate groups is 1. The van der Waals surface area contributed by atoms with Gasteiger partial charge in [0.05, 0.1) is 11.2 Å². The molecule has 0 aromatic heterocycles. The van der Waals surface area contributed by atoms with Crippen molar-refractivity contribution in [2.45, 2.75) is 33.2 Å². The van der Waals surface area contributed by atoms with Crippen LogP contribution in [-0.4, -0.2) is 30.4 Å². The number of likely N-dealkylation sites (N-methyl/N-ethyl adjacent to an activating group) is 1. The van der Waals surface area contributed by atoms with E-state index in [0.717, 1.165) is 32.9 Å². The van der Waals surface area contributed by atoms with Gasteiger partial charge in [-0.1, -0.05) is 17.7 Å². The van der Waals surface area contributed by atoms with Crippen molar-refractivity contribution in [1.29, 1.82) is 0 Å². The Bertz CT molecular complexity index is 1230. The summed E-state index contributed by atoms with van der Waals surface area (Å²) < 4.78 is 0. The van der Waals surface area contributed by atoms with Crippen LogP contribution in [0.4, 0.5) is 16.2 Å². The molecule has 0 atom stereocenters. The molecule has 164 valence electrons. The minimum Gasteiger partial charge on any atom is -0.365 e. The van der Waals surface area contributed by atoms with Crippen LogP contribution in [0.25, 0.3) is 11.6 Å². The summed E-state index contributed by atoms with van der Waals surface area (Å²) in [5, 5.41) is 2.74. The maximum atomic E-state index is 13.2. The Morgan fingerprint density at radius 3 is 2.34 bits per heavy atom. The molecule has 2 heterocycles. The minimum absolute atomic E-state index is 0.103. The molecule has 4 amide bonds. The van der Waals surface area contributed by atoms with Crippen molar-refractivity contribution in [2.24, 2.45) is 0 Å². The van der Waals surface area contributed by atoms with E-state index in [1.807, 2.05) is 20.0 Å². The lowest BCUT2D eigenvalue weighted by Crippen LogP contribution is -2.54. The first-order valence-electron chi connectivity index (χ1n) is 10.2. The summed E-state index contributed by atoms with van der Waals surface area (Å²) in [4.78, 5) is 41.3. The van der Waals surface area contributed by atoms with E-state index >= 15 is 0 Å². The number of fused-ring (bicyclic) bond motifs is 1. The summed E-state index contributed by atoms with van der Waals surface area (Å²) >= 11 is 5.92. The van der Waals surface area contributed by atoms with Crippen molar-refractivity contribution < 1.29 is 14.4 Å². The molecule has 0 radical (unpaired) electrons. The molecular formula is C25H24ClN3O3. The van der Waals surface area contributed by atoms with Crippen molar-refractivity contribution >= 4 is 52.5 Å². The van der Waals surface area contributed by atoms with Gasteiger partial charge in [-0.15, -0.1) is 0 Å². The highest BCUT2D eigenvalue weighted by Gasteiger charge is 2.37. The molecule has 6 nitrogen and oxygen atoms in total. The number of hydrogen-bond donors (Lipinski definition) is 1. The van der Waals surface area contributed by atoms with Crippen LogP contribution in [0.2, 0.25) is 5.02 Å². The van der Waals surface area contributed by atoms with E-state index in [-0.39, 0.29) is 11.1 Å². The standard InChI is InChI=1S/C25H24ClN3O3/c1-14-10-21-19(15(2)13-25(3,4)28(21)5)11-16(14)12-20-22(30)27-24(32)29(23(20)31)18-8-6-17(26)7-9-18/h6-13H,1-5H3,(H,27,30,32)/b20-12+. The predicted molar refractivity (Wildman–Crippen MR) is 128 cm³/mol. The fourth-order valence-corrected chi connectivity index (χ4v) is 4.24. The van der Waals surface area contributed by atoms with Crippen LogP contribution in [-0.2, 0) is 9.59 Å². The predicted octanol–water partition coefficient (Wildman–Crippen LogP) is 4.95. The Labute approximate surface area is 192 Å². The van der Waals surface area contributed by atoms with Crippen molar-refractivity contribution in [3.05, 3.63) is 69.8 Å². The van der Waals surface area contributed by atoms with E-state index in [0.29, 0.717) is 10.7 Å². The number of hydrogen-bond acceptors (Lipinski definition) is 4. The van der Waals surface area contributed by atoms with Gasteiger partial charge >= 0.3 is 6.03 Å². The van der Waals surface area contributed by atoms with Gasteiger partial charge in [-0.2, -0.15) is 0 Å². The average molecular weight is 450 g/mol. The number of urea groups is 1. The quantitative estimate of drug-likeness (QED) is 0.520. The molecule has 2 aromatic carbocycles. The third-order valence-electron chi connectivity index (χ3n) is 6.09. The molecule has 7 heteroatoms. The third-order valence-corrected chi connectivity index (χ3v) is 6.34. The Morgan fingerprint density at radius 2 is 1.69 bits per heavy atom. The molecule has 2 aliphatic heterocycles. The number of benzene rings is 2. The van der Waals surface area contributed by atoms with Gasteiger partial charge in [0.15, 0.2) is 0 Å².